The topological polar surface area (TPSA) is 96.2 Å². The van der Waals surface area contributed by atoms with Crippen LogP contribution in [0.5, 0.6) is 0 Å². The number of hydrogen-bond acceptors (Lipinski definition) is 6. The van der Waals surface area contributed by atoms with E-state index >= 15 is 0 Å². The summed E-state index contributed by atoms with van der Waals surface area (Å²) in [5.41, 5.74) is 1.02. The molecule has 8 nitrogen and oxygen atoms in total. The molecule has 0 amide bonds. The number of hydrogen-bond donors (Lipinski definition) is 2. The summed E-state index contributed by atoms with van der Waals surface area (Å²) in [5.74, 6) is 0.636. The molecule has 150 valence electrons. The summed E-state index contributed by atoms with van der Waals surface area (Å²) in [4.78, 5) is 5.08. The maximum absolute atomic E-state index is 12.6. The largest absolute Gasteiger partial charge is 0.472 e. The fourth-order valence-electron chi connectivity index (χ4n) is 2.48. The fraction of sp³-hybridized carbons (Fsp3) is 0.438. The standard InChI is InChI=1S/C16H22N4O4S2.HI/c1-17-16(18-10-13-4-7-24-12-13)19-11-14-2-3-15(25-14)26(21,22)20-5-8-23-9-6-20;/h2-4,7,12H,5-6,8-11H2,1H3,(H2,17,18,19);1H. The highest BCUT2D eigenvalue weighted by molar-refractivity contribution is 14.0. The lowest BCUT2D eigenvalue weighted by Gasteiger charge is -2.25. The van der Waals surface area contributed by atoms with E-state index in [1.54, 1.807) is 25.6 Å². The summed E-state index contributed by atoms with van der Waals surface area (Å²) >= 11 is 1.27. The normalized spacial score (nSPS) is 16.0. The molecular weight excluding hydrogens is 503 g/mol. The third-order valence-corrected chi connectivity index (χ3v) is 7.35. The number of guanidine groups is 1. The number of sulfonamides is 1. The first-order valence-corrected chi connectivity index (χ1v) is 10.5. The lowest BCUT2D eigenvalue weighted by Crippen LogP contribution is -2.40. The van der Waals surface area contributed by atoms with E-state index in [1.807, 2.05) is 12.1 Å². The van der Waals surface area contributed by atoms with Crippen LogP contribution in [0.4, 0.5) is 0 Å². The first-order chi connectivity index (χ1) is 12.6. The summed E-state index contributed by atoms with van der Waals surface area (Å²) in [6.45, 7) is 2.78. The molecule has 1 saturated heterocycles. The highest BCUT2D eigenvalue weighted by Gasteiger charge is 2.27. The van der Waals surface area contributed by atoms with Gasteiger partial charge in [-0.1, -0.05) is 0 Å². The van der Waals surface area contributed by atoms with Gasteiger partial charge in [0.1, 0.15) is 4.21 Å². The molecule has 3 heterocycles. The molecule has 3 rings (SSSR count). The number of ether oxygens (including phenoxy) is 1. The van der Waals surface area contributed by atoms with Crippen LogP contribution in [-0.4, -0.2) is 52.0 Å². The van der Waals surface area contributed by atoms with Gasteiger partial charge >= 0.3 is 0 Å². The van der Waals surface area contributed by atoms with Crippen molar-refractivity contribution in [1.29, 1.82) is 0 Å². The number of morpholine rings is 1. The van der Waals surface area contributed by atoms with Gasteiger partial charge in [0.2, 0.25) is 0 Å². The van der Waals surface area contributed by atoms with Crippen LogP contribution in [0.15, 0.2) is 44.3 Å². The van der Waals surface area contributed by atoms with Crippen LogP contribution in [0, 0.1) is 0 Å². The van der Waals surface area contributed by atoms with Crippen molar-refractivity contribution >= 4 is 51.3 Å². The lowest BCUT2D eigenvalue weighted by molar-refractivity contribution is 0.0731. The highest BCUT2D eigenvalue weighted by atomic mass is 127. The number of rotatable bonds is 6. The van der Waals surface area contributed by atoms with Crippen LogP contribution in [-0.2, 0) is 27.8 Å². The quantitative estimate of drug-likeness (QED) is 0.339. The molecule has 0 radical (unpaired) electrons. The van der Waals surface area contributed by atoms with E-state index in [0.717, 1.165) is 10.4 Å². The van der Waals surface area contributed by atoms with Gasteiger partial charge < -0.3 is 19.8 Å². The Balaban J connectivity index is 0.00000261. The van der Waals surface area contributed by atoms with Crippen molar-refractivity contribution in [1.82, 2.24) is 14.9 Å². The van der Waals surface area contributed by atoms with E-state index < -0.39 is 10.0 Å². The van der Waals surface area contributed by atoms with Crippen LogP contribution in [0.2, 0.25) is 0 Å². The molecule has 2 aromatic heterocycles. The molecule has 1 aliphatic rings. The van der Waals surface area contributed by atoms with Gasteiger partial charge in [-0.3, -0.25) is 4.99 Å². The predicted octanol–water partition coefficient (Wildman–Crippen LogP) is 1.85. The molecule has 0 unspecified atom stereocenters. The van der Waals surface area contributed by atoms with Crippen LogP contribution in [0.1, 0.15) is 10.4 Å². The minimum absolute atomic E-state index is 0. The summed E-state index contributed by atoms with van der Waals surface area (Å²) in [6.07, 6.45) is 3.29. The van der Waals surface area contributed by atoms with Gasteiger partial charge in [0.25, 0.3) is 10.0 Å². The number of halogens is 1. The third-order valence-electron chi connectivity index (χ3n) is 3.89. The van der Waals surface area contributed by atoms with E-state index in [9.17, 15) is 8.42 Å². The van der Waals surface area contributed by atoms with Crippen molar-refractivity contribution in [2.24, 2.45) is 4.99 Å². The average Bonchev–Trinajstić information content (AvgIpc) is 3.35. The summed E-state index contributed by atoms with van der Waals surface area (Å²) in [7, 11) is -1.75. The summed E-state index contributed by atoms with van der Waals surface area (Å²) < 4.78 is 37.4. The Bertz CT molecular complexity index is 830. The third kappa shape index (κ3) is 5.91. The van der Waals surface area contributed by atoms with Crippen LogP contribution in [0.3, 0.4) is 0 Å². The first kappa shape index (κ1) is 22.1. The molecule has 0 bridgehead atoms. The molecule has 0 aromatic carbocycles. The summed E-state index contributed by atoms with van der Waals surface area (Å²) in [6, 6.07) is 5.37. The molecule has 2 N–H and O–H groups in total. The zero-order valence-corrected chi connectivity index (χ0v) is 18.8. The van der Waals surface area contributed by atoms with Crippen molar-refractivity contribution in [3.8, 4) is 0 Å². The zero-order valence-electron chi connectivity index (χ0n) is 14.9. The molecule has 1 fully saturated rings. The second-order valence-electron chi connectivity index (χ2n) is 5.65. The molecule has 0 atom stereocenters. The van der Waals surface area contributed by atoms with E-state index in [-0.39, 0.29) is 24.0 Å². The minimum atomic E-state index is -3.44. The van der Waals surface area contributed by atoms with E-state index in [1.165, 1.54) is 15.6 Å². The van der Waals surface area contributed by atoms with Gasteiger partial charge in [-0.25, -0.2) is 8.42 Å². The van der Waals surface area contributed by atoms with Crippen molar-refractivity contribution in [2.75, 3.05) is 33.4 Å². The Morgan fingerprint density at radius 1 is 1.22 bits per heavy atom. The molecule has 1 aliphatic heterocycles. The second-order valence-corrected chi connectivity index (χ2v) is 8.98. The van der Waals surface area contributed by atoms with Gasteiger partial charge in [-0.05, 0) is 18.2 Å². The van der Waals surface area contributed by atoms with Crippen LogP contribution >= 0.6 is 35.3 Å². The first-order valence-electron chi connectivity index (χ1n) is 8.22. The maximum atomic E-state index is 12.6. The smallest absolute Gasteiger partial charge is 0.252 e. The number of thiophene rings is 1. The fourth-order valence-corrected chi connectivity index (χ4v) is 5.33. The second kappa shape index (κ2) is 10.4. The highest BCUT2D eigenvalue weighted by Crippen LogP contribution is 2.25. The SMILES string of the molecule is CN=C(NCc1ccoc1)NCc1ccc(S(=O)(=O)N2CCOCC2)s1.I. The molecule has 27 heavy (non-hydrogen) atoms. The van der Waals surface area contributed by atoms with Crippen molar-refractivity contribution in [2.45, 2.75) is 17.3 Å². The molecular formula is C16H23IN4O4S2. The Morgan fingerprint density at radius 3 is 2.63 bits per heavy atom. The predicted molar refractivity (Wildman–Crippen MR) is 115 cm³/mol. The number of nitrogens with zero attached hydrogens (tertiary/aromatic N) is 2. The van der Waals surface area contributed by atoms with Crippen LogP contribution in [0.25, 0.3) is 0 Å². The Labute approximate surface area is 180 Å². The van der Waals surface area contributed by atoms with Gasteiger partial charge in [0.05, 0.1) is 32.3 Å². The number of furan rings is 1. The monoisotopic (exact) mass is 526 g/mol. The maximum Gasteiger partial charge on any atom is 0.252 e. The van der Waals surface area contributed by atoms with Crippen molar-refractivity contribution in [3.63, 3.8) is 0 Å². The van der Waals surface area contributed by atoms with Gasteiger partial charge in [-0.2, -0.15) is 4.31 Å². The molecule has 2 aromatic rings. The zero-order chi connectivity index (χ0) is 18.4. The molecule has 0 aliphatic carbocycles. The number of aliphatic imine (C=N–C) groups is 1. The Morgan fingerprint density at radius 2 is 1.96 bits per heavy atom. The van der Waals surface area contributed by atoms with E-state index in [0.29, 0.717) is 49.6 Å². The lowest BCUT2D eigenvalue weighted by atomic mass is 10.3. The van der Waals surface area contributed by atoms with Gasteiger partial charge in [0.15, 0.2) is 5.96 Å². The van der Waals surface area contributed by atoms with Gasteiger partial charge in [-0.15, -0.1) is 35.3 Å². The Kier molecular flexibility index (Phi) is 8.54. The minimum Gasteiger partial charge on any atom is -0.472 e. The Hall–Kier alpha value is -1.15. The van der Waals surface area contributed by atoms with Crippen molar-refractivity contribution in [3.05, 3.63) is 41.2 Å². The number of nitrogens with one attached hydrogen (secondary N) is 2. The van der Waals surface area contributed by atoms with Crippen molar-refractivity contribution < 1.29 is 17.6 Å². The van der Waals surface area contributed by atoms with Gasteiger partial charge in [0, 0.05) is 37.1 Å². The molecule has 0 spiro atoms. The summed E-state index contributed by atoms with van der Waals surface area (Å²) in [5, 5.41) is 6.36. The van der Waals surface area contributed by atoms with E-state index in [4.69, 9.17) is 9.15 Å². The molecule has 0 saturated carbocycles. The molecule has 11 heteroatoms. The van der Waals surface area contributed by atoms with E-state index in [2.05, 4.69) is 15.6 Å². The van der Waals surface area contributed by atoms with Crippen LogP contribution < -0.4 is 10.6 Å². The average molecular weight is 526 g/mol.